The zero-order chi connectivity index (χ0) is 16.2. The Morgan fingerprint density at radius 2 is 1.91 bits per heavy atom. The summed E-state index contributed by atoms with van der Waals surface area (Å²) in [5, 5.41) is 6.39. The van der Waals surface area contributed by atoms with Crippen LogP contribution in [0.2, 0.25) is 5.02 Å². The van der Waals surface area contributed by atoms with E-state index < -0.39 is 0 Å². The molecule has 124 valence electrons. The number of carbonyl (C=O) groups excluding carboxylic acids is 2. The summed E-state index contributed by atoms with van der Waals surface area (Å²) >= 11 is 5.83. The largest absolute Gasteiger partial charge is 0.355 e. The highest BCUT2D eigenvalue weighted by atomic mass is 35.5. The third-order valence-corrected chi connectivity index (χ3v) is 4.61. The Labute approximate surface area is 140 Å². The van der Waals surface area contributed by atoms with E-state index in [1.165, 1.54) is 0 Å². The molecule has 1 aromatic rings. The average Bonchev–Trinajstić information content (AvgIpc) is 2.96. The molecule has 7 heteroatoms. The van der Waals surface area contributed by atoms with Gasteiger partial charge in [0.1, 0.15) is 0 Å². The van der Waals surface area contributed by atoms with Gasteiger partial charge in [-0.25, -0.2) is 0 Å². The molecular formula is C16H21ClN4O2. The summed E-state index contributed by atoms with van der Waals surface area (Å²) in [5.41, 5.74) is 0.751. The van der Waals surface area contributed by atoms with E-state index in [0.717, 1.165) is 44.8 Å². The summed E-state index contributed by atoms with van der Waals surface area (Å²) in [6.45, 7) is 4.40. The maximum absolute atomic E-state index is 12.1. The number of piperazine rings is 1. The smallest absolute Gasteiger partial charge is 0.238 e. The molecule has 1 atom stereocenters. The lowest BCUT2D eigenvalue weighted by molar-refractivity contribution is -0.125. The minimum Gasteiger partial charge on any atom is -0.355 e. The highest BCUT2D eigenvalue weighted by Crippen LogP contribution is 2.15. The fraction of sp³-hybridized carbons (Fsp3) is 0.500. The van der Waals surface area contributed by atoms with Gasteiger partial charge in [-0.05, 0) is 30.7 Å². The summed E-state index contributed by atoms with van der Waals surface area (Å²) in [4.78, 5) is 28.1. The van der Waals surface area contributed by atoms with E-state index >= 15 is 0 Å². The lowest BCUT2D eigenvalue weighted by Crippen LogP contribution is -2.53. The predicted octanol–water partition coefficient (Wildman–Crippen LogP) is 0.785. The molecule has 1 aromatic carbocycles. The number of carbonyl (C=O) groups is 2. The molecule has 0 bridgehead atoms. The normalized spacial score (nSPS) is 22.8. The Kier molecular flexibility index (Phi) is 5.15. The second-order valence-corrected chi connectivity index (χ2v) is 6.40. The number of hydrogen-bond acceptors (Lipinski definition) is 4. The highest BCUT2D eigenvalue weighted by Gasteiger charge is 2.32. The second kappa shape index (κ2) is 7.29. The Morgan fingerprint density at radius 1 is 1.22 bits per heavy atom. The molecule has 6 nitrogen and oxygen atoms in total. The van der Waals surface area contributed by atoms with Crippen LogP contribution in [0.1, 0.15) is 6.42 Å². The maximum atomic E-state index is 12.1. The van der Waals surface area contributed by atoms with E-state index in [1.54, 1.807) is 24.3 Å². The average molecular weight is 337 g/mol. The van der Waals surface area contributed by atoms with Gasteiger partial charge < -0.3 is 10.6 Å². The van der Waals surface area contributed by atoms with Crippen LogP contribution < -0.4 is 10.6 Å². The topological polar surface area (TPSA) is 64.7 Å². The molecule has 2 aliphatic rings. The van der Waals surface area contributed by atoms with Crippen LogP contribution >= 0.6 is 11.6 Å². The van der Waals surface area contributed by atoms with Crippen molar-refractivity contribution >= 4 is 29.1 Å². The molecule has 2 aliphatic heterocycles. The zero-order valence-corrected chi connectivity index (χ0v) is 13.7. The summed E-state index contributed by atoms with van der Waals surface area (Å²) in [5.74, 6) is 0.110. The van der Waals surface area contributed by atoms with Crippen molar-refractivity contribution in [3.63, 3.8) is 0 Å². The lowest BCUT2D eigenvalue weighted by atomic mass is 10.2. The monoisotopic (exact) mass is 336 g/mol. The van der Waals surface area contributed by atoms with E-state index in [9.17, 15) is 9.59 Å². The minimum atomic E-state index is -0.0284. The van der Waals surface area contributed by atoms with Crippen molar-refractivity contribution in [2.75, 3.05) is 44.6 Å². The van der Waals surface area contributed by atoms with Crippen LogP contribution in [0.4, 0.5) is 5.69 Å². The van der Waals surface area contributed by atoms with Crippen molar-refractivity contribution in [3.05, 3.63) is 29.3 Å². The first-order valence-electron chi connectivity index (χ1n) is 7.91. The summed E-state index contributed by atoms with van der Waals surface area (Å²) < 4.78 is 0. The zero-order valence-electron chi connectivity index (χ0n) is 12.9. The molecule has 3 rings (SSSR count). The third kappa shape index (κ3) is 4.22. The number of rotatable bonds is 4. The Morgan fingerprint density at radius 3 is 2.52 bits per heavy atom. The first kappa shape index (κ1) is 16.2. The first-order valence-corrected chi connectivity index (χ1v) is 8.29. The van der Waals surface area contributed by atoms with Gasteiger partial charge >= 0.3 is 0 Å². The van der Waals surface area contributed by atoms with Gasteiger partial charge in [-0.3, -0.25) is 19.4 Å². The van der Waals surface area contributed by atoms with Crippen LogP contribution in [0.5, 0.6) is 0 Å². The minimum absolute atomic E-state index is 0.0139. The van der Waals surface area contributed by atoms with Crippen molar-refractivity contribution in [1.82, 2.24) is 15.1 Å². The Balaban J connectivity index is 1.44. The Bertz CT molecular complexity index is 570. The molecule has 0 radical (unpaired) electrons. The van der Waals surface area contributed by atoms with Gasteiger partial charge in [0, 0.05) is 43.4 Å². The van der Waals surface area contributed by atoms with Crippen molar-refractivity contribution < 1.29 is 9.59 Å². The summed E-state index contributed by atoms with van der Waals surface area (Å²) in [7, 11) is 0. The first-order chi connectivity index (χ1) is 11.1. The number of halogens is 1. The van der Waals surface area contributed by atoms with Gasteiger partial charge in [0.2, 0.25) is 11.8 Å². The molecule has 0 spiro atoms. The Hall–Kier alpha value is -1.63. The molecule has 0 unspecified atom stereocenters. The standard InChI is InChI=1S/C16H21ClN4O2/c17-12-1-3-13(4-2-12)19-15(22)11-20-7-9-21(10-8-20)14-5-6-18-16(14)23/h1-4,14H,5-11H2,(H,18,23)(H,19,22)/t14-/m0/s1. The molecule has 2 heterocycles. The number of hydrogen-bond donors (Lipinski definition) is 2. The lowest BCUT2D eigenvalue weighted by Gasteiger charge is -2.36. The van der Waals surface area contributed by atoms with Crippen LogP contribution in [-0.4, -0.2) is 66.9 Å². The van der Waals surface area contributed by atoms with Gasteiger partial charge in [0.15, 0.2) is 0 Å². The van der Waals surface area contributed by atoms with Gasteiger partial charge in [-0.15, -0.1) is 0 Å². The quantitative estimate of drug-likeness (QED) is 0.853. The maximum Gasteiger partial charge on any atom is 0.238 e. The molecule has 2 fully saturated rings. The van der Waals surface area contributed by atoms with Gasteiger partial charge in [0.25, 0.3) is 0 Å². The molecule has 0 aliphatic carbocycles. The van der Waals surface area contributed by atoms with Gasteiger partial charge in [-0.1, -0.05) is 11.6 Å². The van der Waals surface area contributed by atoms with Crippen LogP contribution in [-0.2, 0) is 9.59 Å². The van der Waals surface area contributed by atoms with E-state index in [-0.39, 0.29) is 17.9 Å². The predicted molar refractivity (Wildman–Crippen MR) is 89.5 cm³/mol. The molecule has 2 amide bonds. The van der Waals surface area contributed by atoms with E-state index in [2.05, 4.69) is 20.4 Å². The van der Waals surface area contributed by atoms with E-state index in [1.807, 2.05) is 0 Å². The number of amides is 2. The van der Waals surface area contributed by atoms with Crippen molar-refractivity contribution in [2.45, 2.75) is 12.5 Å². The van der Waals surface area contributed by atoms with Crippen LogP contribution in [0.25, 0.3) is 0 Å². The highest BCUT2D eigenvalue weighted by molar-refractivity contribution is 6.30. The number of nitrogens with zero attached hydrogens (tertiary/aromatic N) is 2. The molecule has 23 heavy (non-hydrogen) atoms. The number of nitrogens with one attached hydrogen (secondary N) is 2. The van der Waals surface area contributed by atoms with Crippen LogP contribution in [0, 0.1) is 0 Å². The number of anilines is 1. The van der Waals surface area contributed by atoms with Crippen molar-refractivity contribution in [3.8, 4) is 0 Å². The third-order valence-electron chi connectivity index (χ3n) is 4.36. The van der Waals surface area contributed by atoms with Crippen LogP contribution in [0.3, 0.4) is 0 Å². The molecule has 2 N–H and O–H groups in total. The number of benzene rings is 1. The molecule has 2 saturated heterocycles. The van der Waals surface area contributed by atoms with Crippen LogP contribution in [0.15, 0.2) is 24.3 Å². The summed E-state index contributed by atoms with van der Waals surface area (Å²) in [6, 6.07) is 7.10. The van der Waals surface area contributed by atoms with Crippen molar-refractivity contribution in [1.29, 1.82) is 0 Å². The summed E-state index contributed by atoms with van der Waals surface area (Å²) in [6.07, 6.45) is 0.885. The second-order valence-electron chi connectivity index (χ2n) is 5.96. The molecular weight excluding hydrogens is 316 g/mol. The SMILES string of the molecule is O=C(CN1CCN([C@H]2CCNC2=O)CC1)Nc1ccc(Cl)cc1. The van der Waals surface area contributed by atoms with E-state index in [0.29, 0.717) is 11.6 Å². The fourth-order valence-electron chi connectivity index (χ4n) is 3.10. The van der Waals surface area contributed by atoms with Crippen molar-refractivity contribution in [2.24, 2.45) is 0 Å². The van der Waals surface area contributed by atoms with E-state index in [4.69, 9.17) is 11.6 Å². The van der Waals surface area contributed by atoms with Gasteiger partial charge in [-0.2, -0.15) is 0 Å². The molecule has 0 saturated carbocycles. The van der Waals surface area contributed by atoms with Gasteiger partial charge in [0.05, 0.1) is 12.6 Å². The molecule has 0 aromatic heterocycles. The fourth-order valence-corrected chi connectivity index (χ4v) is 3.23.